The third-order valence-electron chi connectivity index (χ3n) is 10.5. The number of thiophene rings is 2. The average Bonchev–Trinajstić information content (AvgIpc) is 4.14. The van der Waals surface area contributed by atoms with E-state index in [-0.39, 0.29) is 0 Å². The Labute approximate surface area is 441 Å². The number of nitrogens with zero attached hydrogens (tertiary/aromatic N) is 11. The fourth-order valence-corrected chi connectivity index (χ4v) is 12.6. The predicted molar refractivity (Wildman–Crippen MR) is 285 cm³/mol. The highest BCUT2D eigenvalue weighted by molar-refractivity contribution is 7.99. The van der Waals surface area contributed by atoms with Gasteiger partial charge >= 0.3 is 21.2 Å². The van der Waals surface area contributed by atoms with Crippen LogP contribution in [0.2, 0.25) is 10.0 Å². The van der Waals surface area contributed by atoms with E-state index in [4.69, 9.17) is 83.1 Å². The van der Waals surface area contributed by atoms with Gasteiger partial charge in [-0.2, -0.15) is 23.7 Å². The van der Waals surface area contributed by atoms with Crippen molar-refractivity contribution >= 4 is 178 Å². The van der Waals surface area contributed by atoms with Gasteiger partial charge in [-0.1, -0.05) is 54.2 Å². The molecule has 5 heterocycles. The number of azo groups is 2. The first-order chi connectivity index (χ1) is 34.2. The summed E-state index contributed by atoms with van der Waals surface area (Å²) in [6, 6.07) is 7.74. The average molecular weight is 1140 g/mol. The van der Waals surface area contributed by atoms with E-state index in [0.29, 0.717) is 76.6 Å². The third kappa shape index (κ3) is 14.5. The molecule has 8 rings (SSSR count). The molecule has 0 amide bonds. The summed E-state index contributed by atoms with van der Waals surface area (Å²) in [5, 5.41) is 34.5. The second-order valence-electron chi connectivity index (χ2n) is 14.6. The van der Waals surface area contributed by atoms with Gasteiger partial charge in [0.25, 0.3) is 0 Å². The molecule has 0 saturated heterocycles. The molecular weight excluding hydrogens is 1100 g/mol. The van der Waals surface area contributed by atoms with Crippen molar-refractivity contribution in [3.63, 3.8) is 0 Å². The molecule has 1 saturated carbocycles. The topological polar surface area (TPSA) is 265 Å². The van der Waals surface area contributed by atoms with Crippen molar-refractivity contribution in [1.82, 2.24) is 23.7 Å². The number of fused-ring (bicyclic) bond motifs is 2. The van der Waals surface area contributed by atoms with Gasteiger partial charge < -0.3 is 29.9 Å². The van der Waals surface area contributed by atoms with Crippen LogP contribution in [0, 0.1) is 0 Å². The molecule has 0 aliphatic heterocycles. The van der Waals surface area contributed by atoms with E-state index in [1.54, 1.807) is 26.0 Å². The molecule has 0 unspecified atom stereocenters. The van der Waals surface area contributed by atoms with Crippen molar-refractivity contribution in [3.05, 3.63) is 45.1 Å². The molecular formula is C41H45Cl2N13O8S7. The van der Waals surface area contributed by atoms with Crippen LogP contribution in [0.25, 0.3) is 20.4 Å². The van der Waals surface area contributed by atoms with E-state index in [9.17, 15) is 0 Å². The number of halogens is 2. The molecule has 0 atom stereocenters. The number of rotatable bonds is 18. The number of hydrogen-bond acceptors (Lipinski definition) is 26. The zero-order valence-corrected chi connectivity index (χ0v) is 45.9. The number of aromatic nitrogens is 5. The Hall–Kier alpha value is -5.20. The number of methoxy groups -OCH3 is 2. The van der Waals surface area contributed by atoms with Gasteiger partial charge in [0, 0.05) is 54.3 Å². The van der Waals surface area contributed by atoms with Crippen LogP contribution in [-0.2, 0) is 21.2 Å². The number of nitrogens with one attached hydrogen (secondary N) is 2. The monoisotopic (exact) mass is 1140 g/mol. The molecule has 0 radical (unpaired) electrons. The van der Waals surface area contributed by atoms with E-state index < -0.39 is 21.2 Å². The standard InChI is InChI=1S/C41H45Cl2N13O2S5.2O3S/c1-7-55(8-2)29-16-25(27(18-31(29)57-5)49-51-35-33-23(42)20-59-37(33)53-62-35)44-39-46-40(48-41(47-39)61-22-14-12-11-13-15-22)45-26-17-30(56(9-3)10-4)32(58-6)19-28(26)50-52-36-34-24(43)21-60-38(34)54-63-36;2*1-4(2)3/h16-22H,7-15H2,1-6H3,(H2,44,45,46,47,48);;. The van der Waals surface area contributed by atoms with Crippen molar-refractivity contribution in [2.24, 2.45) is 20.5 Å². The van der Waals surface area contributed by atoms with Gasteiger partial charge in [0.15, 0.2) is 15.2 Å². The normalized spacial score (nSPS) is 12.7. The van der Waals surface area contributed by atoms with E-state index in [1.165, 1.54) is 65.0 Å². The number of thioether (sulfide) groups is 1. The maximum absolute atomic E-state index is 8.44. The minimum absolute atomic E-state index is 0.318. The SMILES string of the molecule is CCN(CC)c1cc(Nc2nc(Nc3cc(N(CC)CC)c(OC)cc3N=Nc3snc4scc(Cl)c34)nc(SC3CCCCC3)n2)c(N=Nc2snc3scc(Cl)c23)cc1OC.O=S(=O)=O.O=S(=O)=O. The second kappa shape index (κ2) is 26.5. The van der Waals surface area contributed by atoms with Crippen LogP contribution in [0.15, 0.2) is 60.6 Å². The molecule has 1 fully saturated rings. The van der Waals surface area contributed by atoms with Gasteiger partial charge in [-0.3, -0.25) is 0 Å². The molecule has 378 valence electrons. The fraction of sp³-hybridized carbons (Fsp3) is 0.390. The highest BCUT2D eigenvalue weighted by Gasteiger charge is 2.23. The molecule has 5 aromatic heterocycles. The van der Waals surface area contributed by atoms with E-state index in [0.717, 1.165) is 70.8 Å². The van der Waals surface area contributed by atoms with Crippen molar-refractivity contribution in [2.45, 2.75) is 70.2 Å². The smallest absolute Gasteiger partial charge is 0.425 e. The van der Waals surface area contributed by atoms with Crippen LogP contribution in [0.5, 0.6) is 11.5 Å². The van der Waals surface area contributed by atoms with Crippen molar-refractivity contribution in [2.75, 3.05) is 60.8 Å². The molecule has 7 aromatic rings. The first-order valence-corrected chi connectivity index (χ1v) is 28.5. The third-order valence-corrected chi connectivity index (χ3v) is 16.0. The lowest BCUT2D eigenvalue weighted by Crippen LogP contribution is -2.22. The molecule has 0 bridgehead atoms. The largest absolute Gasteiger partial charge is 0.494 e. The highest BCUT2D eigenvalue weighted by Crippen LogP contribution is 2.46. The Bertz CT molecular complexity index is 3040. The lowest BCUT2D eigenvalue weighted by molar-refractivity contribution is 0.414. The van der Waals surface area contributed by atoms with Crippen LogP contribution in [0.1, 0.15) is 59.8 Å². The Kier molecular flexibility index (Phi) is 20.6. The van der Waals surface area contributed by atoms with E-state index >= 15 is 0 Å². The second-order valence-corrected chi connectivity index (χ2v) is 20.7. The Morgan fingerprint density at radius 3 is 1.44 bits per heavy atom. The quantitative estimate of drug-likeness (QED) is 0.0756. The van der Waals surface area contributed by atoms with Crippen LogP contribution < -0.4 is 29.9 Å². The summed E-state index contributed by atoms with van der Waals surface area (Å²) in [5.74, 6) is 1.94. The van der Waals surface area contributed by atoms with E-state index in [2.05, 4.69) is 67.1 Å². The van der Waals surface area contributed by atoms with Gasteiger partial charge in [-0.15, -0.1) is 68.4 Å². The maximum atomic E-state index is 8.44. The van der Waals surface area contributed by atoms with Crippen LogP contribution in [0.3, 0.4) is 0 Å². The lowest BCUT2D eigenvalue weighted by Gasteiger charge is -2.25. The minimum Gasteiger partial charge on any atom is -0.494 e. The van der Waals surface area contributed by atoms with Gasteiger partial charge in [-0.05, 0) is 75.7 Å². The summed E-state index contributed by atoms with van der Waals surface area (Å²) >= 11 is 20.2. The number of benzene rings is 2. The van der Waals surface area contributed by atoms with Gasteiger partial charge in [0.2, 0.25) is 11.9 Å². The van der Waals surface area contributed by atoms with Gasteiger partial charge in [-0.25, -0.2) is 0 Å². The summed E-state index contributed by atoms with van der Waals surface area (Å²) in [7, 11) is -2.92. The Balaban J connectivity index is 0.000000960. The van der Waals surface area contributed by atoms with Crippen molar-refractivity contribution in [3.8, 4) is 11.5 Å². The molecule has 2 aromatic carbocycles. The van der Waals surface area contributed by atoms with E-state index in [1.807, 2.05) is 35.0 Å². The van der Waals surface area contributed by atoms with Gasteiger partial charge in [0.05, 0.1) is 57.8 Å². The Morgan fingerprint density at radius 2 is 1.06 bits per heavy atom. The van der Waals surface area contributed by atoms with Gasteiger partial charge in [0.1, 0.15) is 32.5 Å². The number of ether oxygens (including phenoxy) is 2. The van der Waals surface area contributed by atoms with Crippen LogP contribution in [-0.4, -0.2) is 94.6 Å². The lowest BCUT2D eigenvalue weighted by atomic mass is 10.0. The minimum atomic E-state index is -3.11. The fourth-order valence-electron chi connectivity index (χ4n) is 7.30. The molecule has 71 heavy (non-hydrogen) atoms. The predicted octanol–water partition coefficient (Wildman–Crippen LogP) is 13.0. The zero-order chi connectivity index (χ0) is 51.2. The van der Waals surface area contributed by atoms with Crippen molar-refractivity contribution in [1.29, 1.82) is 0 Å². The molecule has 2 N–H and O–H groups in total. The molecule has 30 heteroatoms. The summed E-state index contributed by atoms with van der Waals surface area (Å²) in [4.78, 5) is 21.1. The summed E-state index contributed by atoms with van der Waals surface area (Å²) in [6.45, 7) is 11.5. The number of anilines is 6. The van der Waals surface area contributed by atoms with Crippen LogP contribution in [0.4, 0.5) is 56.0 Å². The molecule has 21 nitrogen and oxygen atoms in total. The van der Waals surface area contributed by atoms with Crippen LogP contribution >= 0.6 is 80.7 Å². The zero-order valence-electron chi connectivity index (χ0n) is 38.7. The number of hydrogen-bond donors (Lipinski definition) is 2. The molecule has 1 aliphatic rings. The summed E-state index contributed by atoms with van der Waals surface area (Å²) in [5.41, 5.74) is 4.03. The summed E-state index contributed by atoms with van der Waals surface area (Å²) < 4.78 is 71.6. The first kappa shape index (κ1) is 55.1. The Morgan fingerprint density at radius 1 is 0.648 bits per heavy atom. The molecule has 0 spiro atoms. The maximum Gasteiger partial charge on any atom is 0.425 e. The molecule has 1 aliphatic carbocycles. The summed E-state index contributed by atoms with van der Waals surface area (Å²) in [6.07, 6.45) is 5.76. The highest BCUT2D eigenvalue weighted by atomic mass is 35.5. The first-order valence-electron chi connectivity index (χ1n) is 21.5. The van der Waals surface area contributed by atoms with Crippen molar-refractivity contribution < 1.29 is 34.7 Å².